The highest BCUT2D eigenvalue weighted by molar-refractivity contribution is 7.14. The lowest BCUT2D eigenvalue weighted by atomic mass is 10.1. The van der Waals surface area contributed by atoms with E-state index in [1.165, 1.54) is 11.3 Å². The number of thiazole rings is 1. The molecule has 0 aliphatic carbocycles. The smallest absolute Gasteiger partial charge is 0.187 e. The minimum absolute atomic E-state index is 0.658. The number of nitrogens with one attached hydrogen (secondary N) is 1. The molecule has 7 heteroatoms. The van der Waals surface area contributed by atoms with E-state index >= 15 is 0 Å². The normalized spacial score (nSPS) is 10.3. The van der Waals surface area contributed by atoms with E-state index in [1.54, 1.807) is 28.4 Å². The van der Waals surface area contributed by atoms with Crippen molar-refractivity contribution in [3.05, 3.63) is 41.8 Å². The molecule has 136 valence electrons. The van der Waals surface area contributed by atoms with Crippen LogP contribution in [-0.4, -0.2) is 33.4 Å². The molecule has 0 bridgehead atoms. The fourth-order valence-corrected chi connectivity index (χ4v) is 3.23. The van der Waals surface area contributed by atoms with Crippen molar-refractivity contribution in [3.8, 4) is 34.3 Å². The van der Waals surface area contributed by atoms with Crippen LogP contribution in [0.25, 0.3) is 11.3 Å². The Morgan fingerprint density at radius 3 is 2.27 bits per heavy atom. The summed E-state index contributed by atoms with van der Waals surface area (Å²) in [7, 11) is 6.48. The van der Waals surface area contributed by atoms with Gasteiger partial charge in [0.1, 0.15) is 11.5 Å². The van der Waals surface area contributed by atoms with Crippen molar-refractivity contribution in [2.45, 2.75) is 0 Å². The lowest BCUT2D eigenvalue weighted by molar-refractivity contribution is 0.355. The third-order valence-electron chi connectivity index (χ3n) is 3.82. The van der Waals surface area contributed by atoms with Crippen LogP contribution in [0, 0.1) is 0 Å². The van der Waals surface area contributed by atoms with Crippen molar-refractivity contribution < 1.29 is 18.9 Å². The van der Waals surface area contributed by atoms with Gasteiger partial charge in [-0.2, -0.15) is 0 Å². The van der Waals surface area contributed by atoms with Crippen molar-refractivity contribution in [3.63, 3.8) is 0 Å². The first kappa shape index (κ1) is 17.9. The van der Waals surface area contributed by atoms with Crippen LogP contribution in [0.15, 0.2) is 41.8 Å². The second-order valence-electron chi connectivity index (χ2n) is 5.30. The van der Waals surface area contributed by atoms with Crippen molar-refractivity contribution in [2.75, 3.05) is 33.8 Å². The second-order valence-corrected chi connectivity index (χ2v) is 6.16. The maximum absolute atomic E-state index is 5.46. The number of hydrogen-bond acceptors (Lipinski definition) is 7. The minimum atomic E-state index is 0.658. The third-order valence-corrected chi connectivity index (χ3v) is 4.58. The topological polar surface area (TPSA) is 61.8 Å². The van der Waals surface area contributed by atoms with Gasteiger partial charge in [-0.05, 0) is 24.3 Å². The van der Waals surface area contributed by atoms with Crippen molar-refractivity contribution >= 4 is 22.2 Å². The molecule has 0 atom stereocenters. The van der Waals surface area contributed by atoms with Crippen LogP contribution in [0.2, 0.25) is 0 Å². The Kier molecular flexibility index (Phi) is 5.48. The molecule has 0 radical (unpaired) electrons. The molecule has 0 fully saturated rings. The van der Waals surface area contributed by atoms with E-state index in [4.69, 9.17) is 18.9 Å². The van der Waals surface area contributed by atoms with E-state index in [-0.39, 0.29) is 0 Å². The Labute approximate surface area is 156 Å². The zero-order valence-corrected chi connectivity index (χ0v) is 15.8. The first-order valence-corrected chi connectivity index (χ1v) is 8.73. The van der Waals surface area contributed by atoms with E-state index in [0.29, 0.717) is 17.2 Å². The molecule has 1 N–H and O–H groups in total. The molecule has 0 aliphatic heterocycles. The number of hydrogen-bond donors (Lipinski definition) is 1. The van der Waals surface area contributed by atoms with E-state index in [1.807, 2.05) is 41.8 Å². The molecule has 0 saturated carbocycles. The first-order valence-electron chi connectivity index (χ1n) is 7.85. The number of methoxy groups -OCH3 is 4. The van der Waals surface area contributed by atoms with Gasteiger partial charge in [0.2, 0.25) is 0 Å². The average Bonchev–Trinajstić information content (AvgIpc) is 3.15. The molecule has 3 rings (SSSR count). The Morgan fingerprint density at radius 2 is 1.58 bits per heavy atom. The number of anilines is 2. The van der Waals surface area contributed by atoms with Gasteiger partial charge in [0.05, 0.1) is 34.1 Å². The van der Waals surface area contributed by atoms with E-state index in [0.717, 1.165) is 27.8 Å². The summed E-state index contributed by atoms with van der Waals surface area (Å²) in [5, 5.41) is 6.03. The fraction of sp³-hybridized carbons (Fsp3) is 0.211. The predicted octanol–water partition coefficient (Wildman–Crippen LogP) is 4.59. The van der Waals surface area contributed by atoms with E-state index in [9.17, 15) is 0 Å². The molecule has 1 heterocycles. The largest absolute Gasteiger partial charge is 0.497 e. The van der Waals surface area contributed by atoms with Gasteiger partial charge in [0.25, 0.3) is 0 Å². The molecule has 6 nitrogen and oxygen atoms in total. The molecule has 0 spiro atoms. The summed E-state index contributed by atoms with van der Waals surface area (Å²) < 4.78 is 21.3. The Hall–Kier alpha value is -2.93. The molecule has 2 aromatic carbocycles. The van der Waals surface area contributed by atoms with Crippen molar-refractivity contribution in [1.29, 1.82) is 0 Å². The van der Waals surface area contributed by atoms with Crippen LogP contribution in [0.3, 0.4) is 0 Å². The number of benzene rings is 2. The number of aromatic nitrogens is 1. The molecular weight excluding hydrogens is 352 g/mol. The summed E-state index contributed by atoms with van der Waals surface area (Å²) in [6.07, 6.45) is 0. The summed E-state index contributed by atoms with van der Waals surface area (Å²) in [6, 6.07) is 11.3. The molecule has 3 aromatic rings. The van der Waals surface area contributed by atoms with E-state index in [2.05, 4.69) is 10.3 Å². The molecule has 0 amide bonds. The minimum Gasteiger partial charge on any atom is -0.497 e. The van der Waals surface area contributed by atoms with Crippen LogP contribution < -0.4 is 24.3 Å². The maximum atomic E-state index is 5.46. The molecular formula is C19H20N2O4S. The summed E-state index contributed by atoms with van der Waals surface area (Å²) >= 11 is 1.51. The number of ether oxygens (including phenoxy) is 4. The molecule has 26 heavy (non-hydrogen) atoms. The fourth-order valence-electron chi connectivity index (χ4n) is 2.50. The van der Waals surface area contributed by atoms with E-state index < -0.39 is 0 Å². The highest BCUT2D eigenvalue weighted by Crippen LogP contribution is 2.36. The SMILES string of the molecule is COc1ccc(-c2csc(Nc3ccc(OC)c(OC)c3)n2)c(OC)c1. The Balaban J connectivity index is 1.85. The second kappa shape index (κ2) is 7.97. The summed E-state index contributed by atoms with van der Waals surface area (Å²) in [5.74, 6) is 2.80. The first-order chi connectivity index (χ1) is 12.7. The molecule has 1 aromatic heterocycles. The predicted molar refractivity (Wildman–Crippen MR) is 103 cm³/mol. The van der Waals surface area contributed by atoms with Crippen LogP contribution in [0.5, 0.6) is 23.0 Å². The highest BCUT2D eigenvalue weighted by atomic mass is 32.1. The molecule has 0 saturated heterocycles. The van der Waals surface area contributed by atoms with Gasteiger partial charge in [0.15, 0.2) is 16.6 Å². The van der Waals surface area contributed by atoms with Gasteiger partial charge >= 0.3 is 0 Å². The molecule has 0 unspecified atom stereocenters. The van der Waals surface area contributed by atoms with Crippen molar-refractivity contribution in [2.24, 2.45) is 0 Å². The van der Waals surface area contributed by atoms with Gasteiger partial charge in [-0.1, -0.05) is 0 Å². The monoisotopic (exact) mass is 372 g/mol. The van der Waals surface area contributed by atoms with Crippen LogP contribution >= 0.6 is 11.3 Å². The zero-order valence-electron chi connectivity index (χ0n) is 15.0. The zero-order chi connectivity index (χ0) is 18.5. The summed E-state index contributed by atoms with van der Waals surface area (Å²) in [5.41, 5.74) is 2.60. The maximum Gasteiger partial charge on any atom is 0.187 e. The Morgan fingerprint density at radius 1 is 0.808 bits per heavy atom. The summed E-state index contributed by atoms with van der Waals surface area (Å²) in [6.45, 7) is 0. The molecule has 0 aliphatic rings. The van der Waals surface area contributed by atoms with Crippen LogP contribution in [0.1, 0.15) is 0 Å². The van der Waals surface area contributed by atoms with Gasteiger partial charge in [-0.25, -0.2) is 4.98 Å². The number of nitrogens with zero attached hydrogens (tertiary/aromatic N) is 1. The third kappa shape index (κ3) is 3.67. The van der Waals surface area contributed by atoms with Gasteiger partial charge in [-0.15, -0.1) is 11.3 Å². The van der Waals surface area contributed by atoms with Crippen molar-refractivity contribution in [1.82, 2.24) is 4.98 Å². The Bertz CT molecular complexity index is 895. The highest BCUT2D eigenvalue weighted by Gasteiger charge is 2.12. The lowest BCUT2D eigenvalue weighted by Gasteiger charge is -2.10. The standard InChI is InChI=1S/C19H20N2O4S/c1-22-13-6-7-14(17(10-13)24-3)15-11-26-19(21-15)20-12-5-8-16(23-2)18(9-12)25-4/h5-11H,1-4H3,(H,20,21). The van der Waals surface area contributed by atoms with Gasteiger partial charge < -0.3 is 24.3 Å². The average molecular weight is 372 g/mol. The number of rotatable bonds is 7. The van der Waals surface area contributed by atoms with Crippen LogP contribution in [-0.2, 0) is 0 Å². The summed E-state index contributed by atoms with van der Waals surface area (Å²) in [4.78, 5) is 4.65. The van der Waals surface area contributed by atoms with Gasteiger partial charge in [-0.3, -0.25) is 0 Å². The van der Waals surface area contributed by atoms with Gasteiger partial charge in [0, 0.05) is 28.8 Å². The van der Waals surface area contributed by atoms with Crippen LogP contribution in [0.4, 0.5) is 10.8 Å². The lowest BCUT2D eigenvalue weighted by Crippen LogP contribution is -1.94. The quantitative estimate of drug-likeness (QED) is 0.655.